The van der Waals surface area contributed by atoms with E-state index in [1.807, 2.05) is 6.07 Å². The second-order valence-electron chi connectivity index (χ2n) is 8.30. The summed E-state index contributed by atoms with van der Waals surface area (Å²) in [7, 11) is 0. The van der Waals surface area contributed by atoms with Crippen molar-refractivity contribution in [3.05, 3.63) is 71.5 Å². The fourth-order valence-corrected chi connectivity index (χ4v) is 3.97. The molecule has 5 heteroatoms. The molecule has 0 bridgehead atoms. The number of unbranched alkanes of at least 4 members (excludes halogenated alkanes) is 1. The summed E-state index contributed by atoms with van der Waals surface area (Å²) in [5.41, 5.74) is 1.85. The van der Waals surface area contributed by atoms with Crippen molar-refractivity contribution >= 4 is 5.78 Å². The molecule has 3 rings (SSSR count). The number of carbonyl (C=O) groups excluding carboxylic acids is 1. The third-order valence-corrected chi connectivity index (χ3v) is 5.92. The maximum Gasteiger partial charge on any atom is 0.162 e. The van der Waals surface area contributed by atoms with Gasteiger partial charge >= 0.3 is 0 Å². The van der Waals surface area contributed by atoms with Crippen LogP contribution in [0, 0.1) is 5.82 Å². The molecule has 0 N–H and O–H groups in total. The average Bonchev–Trinajstić information content (AvgIpc) is 2.80. The molecule has 2 aromatic carbocycles. The molecule has 168 valence electrons. The Morgan fingerprint density at radius 1 is 0.968 bits per heavy atom. The minimum atomic E-state index is -0.306. The van der Waals surface area contributed by atoms with Crippen LogP contribution in [0.25, 0.3) is 0 Å². The van der Waals surface area contributed by atoms with E-state index in [4.69, 9.17) is 4.74 Å². The minimum Gasteiger partial charge on any atom is -0.372 e. The number of piperazine rings is 1. The summed E-state index contributed by atoms with van der Waals surface area (Å²) in [6, 6.07) is 16.4. The summed E-state index contributed by atoms with van der Waals surface area (Å²) in [6.07, 6.45) is 3.70. The third-order valence-electron chi connectivity index (χ3n) is 5.92. The van der Waals surface area contributed by atoms with E-state index in [2.05, 4.69) is 41.0 Å². The van der Waals surface area contributed by atoms with Crippen LogP contribution in [0.1, 0.15) is 54.6 Å². The SMILES string of the molecule is CCCCOC(CN1CCN(CCCC(=O)c2ccc(F)cc2)CC1)c1ccccc1. The Morgan fingerprint density at radius 3 is 2.32 bits per heavy atom. The lowest BCUT2D eigenvalue weighted by molar-refractivity contribution is 0.0108. The fourth-order valence-electron chi connectivity index (χ4n) is 3.97. The number of hydrogen-bond acceptors (Lipinski definition) is 4. The molecule has 0 aliphatic carbocycles. The topological polar surface area (TPSA) is 32.8 Å². The van der Waals surface area contributed by atoms with Crippen molar-refractivity contribution in [2.24, 2.45) is 0 Å². The van der Waals surface area contributed by atoms with Crippen LogP contribution in [0.5, 0.6) is 0 Å². The maximum atomic E-state index is 13.0. The van der Waals surface area contributed by atoms with Gasteiger partial charge in [-0.2, -0.15) is 0 Å². The molecule has 1 fully saturated rings. The van der Waals surface area contributed by atoms with Gasteiger partial charge in [-0.1, -0.05) is 43.7 Å². The van der Waals surface area contributed by atoms with E-state index in [0.29, 0.717) is 12.0 Å². The Balaban J connectivity index is 1.39. The van der Waals surface area contributed by atoms with Crippen molar-refractivity contribution in [1.29, 1.82) is 0 Å². The number of carbonyl (C=O) groups is 1. The number of benzene rings is 2. The first-order valence-electron chi connectivity index (χ1n) is 11.6. The highest BCUT2D eigenvalue weighted by Crippen LogP contribution is 2.20. The van der Waals surface area contributed by atoms with Crippen LogP contribution in [-0.2, 0) is 4.74 Å². The van der Waals surface area contributed by atoms with Crippen LogP contribution < -0.4 is 0 Å². The van der Waals surface area contributed by atoms with Crippen LogP contribution in [0.2, 0.25) is 0 Å². The molecular formula is C26H35FN2O2. The highest BCUT2D eigenvalue weighted by molar-refractivity contribution is 5.95. The first-order valence-corrected chi connectivity index (χ1v) is 11.6. The molecule has 0 aromatic heterocycles. The van der Waals surface area contributed by atoms with Gasteiger partial charge in [0.05, 0.1) is 6.10 Å². The molecule has 1 unspecified atom stereocenters. The number of halogens is 1. The standard InChI is InChI=1S/C26H35FN2O2/c1-2-3-20-31-26(23-8-5-4-6-9-23)21-29-18-16-28(17-19-29)15-7-10-25(30)22-11-13-24(27)14-12-22/h4-6,8-9,11-14,26H,2-3,7,10,15-21H2,1H3. The lowest BCUT2D eigenvalue weighted by Crippen LogP contribution is -2.47. The van der Waals surface area contributed by atoms with Gasteiger partial charge in [0.15, 0.2) is 5.78 Å². The Kier molecular flexibility index (Phi) is 9.66. The first-order chi connectivity index (χ1) is 15.2. The number of Topliss-reactive ketones (excluding diaryl/α,β-unsaturated/α-hetero) is 1. The highest BCUT2D eigenvalue weighted by Gasteiger charge is 2.21. The summed E-state index contributed by atoms with van der Waals surface area (Å²) in [5, 5.41) is 0. The Hall–Kier alpha value is -2.08. The van der Waals surface area contributed by atoms with Crippen molar-refractivity contribution in [2.45, 2.75) is 38.7 Å². The maximum absolute atomic E-state index is 13.0. The number of ketones is 1. The number of hydrogen-bond donors (Lipinski definition) is 0. The van der Waals surface area contributed by atoms with Crippen LogP contribution in [0.3, 0.4) is 0 Å². The fraction of sp³-hybridized carbons (Fsp3) is 0.500. The highest BCUT2D eigenvalue weighted by atomic mass is 19.1. The summed E-state index contributed by atoms with van der Waals surface area (Å²) in [5.74, 6) is -0.215. The molecule has 1 aliphatic heterocycles. The first kappa shape index (κ1) is 23.6. The van der Waals surface area contributed by atoms with E-state index in [0.717, 1.165) is 65.1 Å². The van der Waals surface area contributed by atoms with E-state index in [1.54, 1.807) is 12.1 Å². The van der Waals surface area contributed by atoms with Gasteiger partial charge < -0.3 is 9.64 Å². The zero-order valence-electron chi connectivity index (χ0n) is 18.6. The second kappa shape index (κ2) is 12.7. The van der Waals surface area contributed by atoms with Crippen LogP contribution >= 0.6 is 0 Å². The molecule has 31 heavy (non-hydrogen) atoms. The summed E-state index contributed by atoms with van der Waals surface area (Å²) < 4.78 is 19.2. The number of rotatable bonds is 12. The molecular weight excluding hydrogens is 391 g/mol. The van der Waals surface area contributed by atoms with E-state index in [-0.39, 0.29) is 17.7 Å². The van der Waals surface area contributed by atoms with Crippen molar-refractivity contribution in [1.82, 2.24) is 9.80 Å². The van der Waals surface area contributed by atoms with Gasteiger partial charge in [0.25, 0.3) is 0 Å². The summed E-state index contributed by atoms with van der Waals surface area (Å²) in [4.78, 5) is 17.2. The van der Waals surface area contributed by atoms with Gasteiger partial charge in [-0.3, -0.25) is 9.69 Å². The molecule has 1 saturated heterocycles. The average molecular weight is 427 g/mol. The molecule has 1 aliphatic rings. The summed E-state index contributed by atoms with van der Waals surface area (Å²) >= 11 is 0. The van der Waals surface area contributed by atoms with E-state index in [9.17, 15) is 9.18 Å². The molecule has 1 heterocycles. The van der Waals surface area contributed by atoms with E-state index in [1.165, 1.54) is 17.7 Å². The van der Waals surface area contributed by atoms with Crippen molar-refractivity contribution in [3.63, 3.8) is 0 Å². The molecule has 0 radical (unpaired) electrons. The van der Waals surface area contributed by atoms with Gasteiger partial charge in [-0.25, -0.2) is 4.39 Å². The Bertz CT molecular complexity index is 774. The lowest BCUT2D eigenvalue weighted by atomic mass is 10.1. The molecule has 0 saturated carbocycles. The second-order valence-corrected chi connectivity index (χ2v) is 8.30. The van der Waals surface area contributed by atoms with Crippen molar-refractivity contribution in [2.75, 3.05) is 45.9 Å². The predicted molar refractivity (Wildman–Crippen MR) is 123 cm³/mol. The zero-order valence-corrected chi connectivity index (χ0v) is 18.6. The van der Waals surface area contributed by atoms with Gasteiger partial charge in [0.2, 0.25) is 0 Å². The van der Waals surface area contributed by atoms with Crippen LogP contribution in [0.4, 0.5) is 4.39 Å². The molecule has 0 amide bonds. The molecule has 1 atom stereocenters. The number of nitrogens with zero attached hydrogens (tertiary/aromatic N) is 2. The largest absolute Gasteiger partial charge is 0.372 e. The quantitative estimate of drug-likeness (QED) is 0.355. The third kappa shape index (κ3) is 7.84. The molecule has 2 aromatic rings. The van der Waals surface area contributed by atoms with Gasteiger partial charge in [-0.15, -0.1) is 0 Å². The monoisotopic (exact) mass is 426 g/mol. The van der Waals surface area contributed by atoms with Gasteiger partial charge in [0, 0.05) is 51.3 Å². The normalized spacial score (nSPS) is 16.3. The van der Waals surface area contributed by atoms with Crippen LogP contribution in [0.15, 0.2) is 54.6 Å². The number of ether oxygens (including phenoxy) is 1. The van der Waals surface area contributed by atoms with Gasteiger partial charge in [0.1, 0.15) is 5.82 Å². The lowest BCUT2D eigenvalue weighted by Gasteiger charge is -2.36. The van der Waals surface area contributed by atoms with E-state index >= 15 is 0 Å². The van der Waals surface area contributed by atoms with Crippen LogP contribution in [-0.4, -0.2) is 61.5 Å². The minimum absolute atomic E-state index is 0.0913. The van der Waals surface area contributed by atoms with Crippen molar-refractivity contribution < 1.29 is 13.9 Å². The van der Waals surface area contributed by atoms with E-state index < -0.39 is 0 Å². The Labute approximate surface area is 186 Å². The molecule has 0 spiro atoms. The zero-order chi connectivity index (χ0) is 21.9. The Morgan fingerprint density at radius 2 is 1.65 bits per heavy atom. The predicted octanol–water partition coefficient (Wildman–Crippen LogP) is 4.96. The molecule has 4 nitrogen and oxygen atoms in total. The smallest absolute Gasteiger partial charge is 0.162 e. The van der Waals surface area contributed by atoms with Crippen molar-refractivity contribution in [3.8, 4) is 0 Å². The summed E-state index contributed by atoms with van der Waals surface area (Å²) in [6.45, 7) is 8.91. The van der Waals surface area contributed by atoms with Gasteiger partial charge in [-0.05, 0) is 49.2 Å².